The Hall–Kier alpha value is -3.01. The van der Waals surface area contributed by atoms with Gasteiger partial charge in [0.15, 0.2) is 16.7 Å². The van der Waals surface area contributed by atoms with E-state index in [0.717, 1.165) is 10.9 Å². The predicted molar refractivity (Wildman–Crippen MR) is 108 cm³/mol. The van der Waals surface area contributed by atoms with Gasteiger partial charge in [0, 0.05) is 16.5 Å². The Kier molecular flexibility index (Phi) is 4.50. The second-order valence-electron chi connectivity index (χ2n) is 6.09. The third kappa shape index (κ3) is 3.31. The van der Waals surface area contributed by atoms with Gasteiger partial charge in [-0.1, -0.05) is 35.9 Å². The van der Waals surface area contributed by atoms with Crippen molar-refractivity contribution in [1.29, 1.82) is 0 Å². The molecule has 142 valence electrons. The van der Waals surface area contributed by atoms with Crippen LogP contribution in [0, 0.1) is 6.92 Å². The monoisotopic (exact) mass is 414 g/mol. The highest BCUT2D eigenvalue weighted by molar-refractivity contribution is 7.89. The molecule has 2 heterocycles. The number of sulfonamides is 1. The lowest BCUT2D eigenvalue weighted by atomic mass is 10.2. The number of primary sulfonamides is 1. The van der Waals surface area contributed by atoms with E-state index in [1.54, 1.807) is 31.2 Å². The van der Waals surface area contributed by atoms with Gasteiger partial charge in [-0.2, -0.15) is 5.10 Å². The lowest BCUT2D eigenvalue weighted by Gasteiger charge is -2.13. The van der Waals surface area contributed by atoms with Crippen LogP contribution in [-0.4, -0.2) is 28.6 Å². The Morgan fingerprint density at radius 2 is 1.75 bits per heavy atom. The molecule has 0 spiro atoms. The van der Waals surface area contributed by atoms with E-state index in [9.17, 15) is 8.42 Å². The number of benzene rings is 2. The van der Waals surface area contributed by atoms with Crippen molar-refractivity contribution >= 4 is 44.2 Å². The summed E-state index contributed by atoms with van der Waals surface area (Å²) in [5.41, 5.74) is 1.60. The zero-order valence-electron chi connectivity index (χ0n) is 14.6. The zero-order valence-corrected chi connectivity index (χ0v) is 16.2. The number of rotatable bonds is 4. The molecule has 0 saturated carbocycles. The van der Waals surface area contributed by atoms with Crippen LogP contribution in [0.2, 0.25) is 5.02 Å². The molecule has 0 aliphatic carbocycles. The fourth-order valence-electron chi connectivity index (χ4n) is 2.83. The lowest BCUT2D eigenvalue weighted by Crippen LogP contribution is -2.18. The molecule has 4 aromatic rings. The van der Waals surface area contributed by atoms with Crippen LogP contribution in [0.5, 0.6) is 0 Å². The topological polar surface area (TPSA) is 127 Å². The molecule has 0 amide bonds. The Bertz CT molecular complexity index is 1300. The van der Waals surface area contributed by atoms with Crippen molar-refractivity contribution in [2.45, 2.75) is 11.9 Å². The van der Waals surface area contributed by atoms with Gasteiger partial charge in [-0.05, 0) is 31.2 Å². The summed E-state index contributed by atoms with van der Waals surface area (Å²) >= 11 is 6.24. The number of halogens is 1. The van der Waals surface area contributed by atoms with Crippen molar-refractivity contribution in [3.05, 3.63) is 59.1 Å². The molecule has 10 heteroatoms. The third-order valence-corrected chi connectivity index (χ3v) is 5.46. The number of anilines is 2. The van der Waals surface area contributed by atoms with Gasteiger partial charge >= 0.3 is 0 Å². The Balaban J connectivity index is 1.91. The van der Waals surface area contributed by atoms with Crippen LogP contribution in [0.15, 0.2) is 53.6 Å². The highest BCUT2D eigenvalue weighted by Crippen LogP contribution is 2.31. The summed E-state index contributed by atoms with van der Waals surface area (Å²) in [5, 5.41) is 16.5. The molecule has 0 radical (unpaired) electrons. The Morgan fingerprint density at radius 3 is 2.50 bits per heavy atom. The molecule has 0 aliphatic rings. The van der Waals surface area contributed by atoms with Gasteiger partial charge in [0.05, 0.1) is 10.5 Å². The normalized spacial score (nSPS) is 11.7. The van der Waals surface area contributed by atoms with Gasteiger partial charge in [0.1, 0.15) is 5.82 Å². The van der Waals surface area contributed by atoms with Crippen LogP contribution in [0.3, 0.4) is 0 Å². The number of hydrogen-bond acceptors (Lipinski definition) is 6. The highest BCUT2D eigenvalue weighted by atomic mass is 35.5. The lowest BCUT2D eigenvalue weighted by molar-refractivity contribution is 0.593. The molecule has 4 rings (SSSR count). The van der Waals surface area contributed by atoms with E-state index in [4.69, 9.17) is 16.7 Å². The number of nitrogens with two attached hydrogens (primary N) is 1. The van der Waals surface area contributed by atoms with Gasteiger partial charge < -0.3 is 5.32 Å². The van der Waals surface area contributed by atoms with Crippen molar-refractivity contribution < 1.29 is 8.42 Å². The molecule has 0 saturated heterocycles. The summed E-state index contributed by atoms with van der Waals surface area (Å²) in [6.45, 7) is 1.58. The number of H-pyrrole nitrogens is 1. The smallest absolute Gasteiger partial charge is 0.256 e. The largest absolute Gasteiger partial charge is 0.323 e. The average Bonchev–Trinajstić information content (AvgIpc) is 3.06. The van der Waals surface area contributed by atoms with Crippen molar-refractivity contribution in [2.24, 2.45) is 5.14 Å². The summed E-state index contributed by atoms with van der Waals surface area (Å²) in [6.07, 6.45) is 0. The van der Waals surface area contributed by atoms with Crippen LogP contribution < -0.4 is 10.5 Å². The first-order valence-corrected chi connectivity index (χ1v) is 10.1. The third-order valence-electron chi connectivity index (χ3n) is 4.19. The molecular formula is C18H15ClN6O2S. The number of fused-ring (bicyclic) bond motifs is 1. The molecule has 28 heavy (non-hydrogen) atoms. The van der Waals surface area contributed by atoms with Gasteiger partial charge in [-0.25, -0.2) is 23.5 Å². The minimum atomic E-state index is -4.08. The second-order valence-corrected chi connectivity index (χ2v) is 7.98. The quantitative estimate of drug-likeness (QED) is 0.439. The van der Waals surface area contributed by atoms with E-state index in [1.165, 1.54) is 0 Å². The van der Waals surface area contributed by atoms with E-state index >= 15 is 0 Å². The van der Waals surface area contributed by atoms with E-state index in [2.05, 4.69) is 25.5 Å². The molecule has 0 atom stereocenters. The van der Waals surface area contributed by atoms with Crippen LogP contribution in [0.25, 0.3) is 22.3 Å². The number of hydrogen-bond donors (Lipinski definition) is 3. The molecule has 8 nitrogen and oxygen atoms in total. The molecule has 0 bridgehead atoms. The minimum absolute atomic E-state index is 0.141. The van der Waals surface area contributed by atoms with E-state index < -0.39 is 10.0 Å². The van der Waals surface area contributed by atoms with Gasteiger partial charge in [-0.15, -0.1) is 0 Å². The Labute approximate surface area is 165 Å². The van der Waals surface area contributed by atoms with Crippen molar-refractivity contribution in [3.8, 4) is 11.4 Å². The van der Waals surface area contributed by atoms with E-state index in [1.807, 2.05) is 24.3 Å². The summed E-state index contributed by atoms with van der Waals surface area (Å²) in [5.74, 6) is 0.914. The maximum Gasteiger partial charge on any atom is 0.256 e. The average molecular weight is 415 g/mol. The molecule has 0 fully saturated rings. The molecule has 0 aliphatic heterocycles. The first kappa shape index (κ1) is 18.4. The van der Waals surface area contributed by atoms with Gasteiger partial charge in [0.2, 0.25) is 0 Å². The van der Waals surface area contributed by atoms with Crippen LogP contribution in [0.4, 0.5) is 11.6 Å². The molecule has 2 aromatic carbocycles. The van der Waals surface area contributed by atoms with Gasteiger partial charge in [0.25, 0.3) is 10.0 Å². The molecule has 4 N–H and O–H groups in total. The summed E-state index contributed by atoms with van der Waals surface area (Å²) in [6, 6.07) is 14.4. The number of nitrogens with zero attached hydrogens (tertiary/aromatic N) is 3. The van der Waals surface area contributed by atoms with E-state index in [-0.39, 0.29) is 22.2 Å². The summed E-state index contributed by atoms with van der Waals surface area (Å²) < 4.78 is 24.2. The molecule has 0 unspecified atom stereocenters. The maximum absolute atomic E-state index is 12.1. The molecular weight excluding hydrogens is 400 g/mol. The Morgan fingerprint density at radius 1 is 1.04 bits per heavy atom. The maximum atomic E-state index is 12.1. The summed E-state index contributed by atoms with van der Waals surface area (Å²) in [7, 11) is -4.08. The van der Waals surface area contributed by atoms with Crippen LogP contribution >= 0.6 is 11.6 Å². The van der Waals surface area contributed by atoms with Crippen molar-refractivity contribution in [1.82, 2.24) is 20.2 Å². The van der Waals surface area contributed by atoms with Gasteiger partial charge in [-0.3, -0.25) is 5.10 Å². The van der Waals surface area contributed by atoms with E-state index in [0.29, 0.717) is 16.4 Å². The van der Waals surface area contributed by atoms with Crippen molar-refractivity contribution in [3.63, 3.8) is 0 Å². The first-order valence-electron chi connectivity index (χ1n) is 8.21. The minimum Gasteiger partial charge on any atom is -0.323 e. The zero-order chi connectivity index (χ0) is 19.9. The SMILES string of the molecule is Cc1c(Nc2n[nH]c3ccccc23)nc(-c2ccccc2Cl)nc1S(N)(=O)=O. The van der Waals surface area contributed by atoms with Crippen LogP contribution in [0.1, 0.15) is 5.56 Å². The number of aromatic nitrogens is 4. The highest BCUT2D eigenvalue weighted by Gasteiger charge is 2.22. The first-order chi connectivity index (χ1) is 13.3. The van der Waals surface area contributed by atoms with Crippen molar-refractivity contribution in [2.75, 3.05) is 5.32 Å². The summed E-state index contributed by atoms with van der Waals surface area (Å²) in [4.78, 5) is 8.63. The number of aromatic amines is 1. The standard InChI is InChI=1S/C18H15ClN6O2S/c1-10-15(22-17-12-7-3-5-9-14(12)24-25-17)21-16(23-18(10)28(20,26)27)11-6-2-4-8-13(11)19/h2-9H,1H3,(H2,20,26,27)(H2,21,22,23,24,25). The predicted octanol–water partition coefficient (Wildman–Crippen LogP) is 3.37. The van der Waals surface area contributed by atoms with Crippen LogP contribution in [-0.2, 0) is 10.0 Å². The number of nitrogens with one attached hydrogen (secondary N) is 2. The second kappa shape index (κ2) is 6.86. The molecule has 2 aromatic heterocycles. The fourth-order valence-corrected chi connectivity index (χ4v) is 3.79. The number of para-hydroxylation sites is 1. The fraction of sp³-hybridized carbons (Fsp3) is 0.0556.